The van der Waals surface area contributed by atoms with Gasteiger partial charge in [-0.3, -0.25) is 9.59 Å². The monoisotopic (exact) mass is 391 g/mol. The van der Waals surface area contributed by atoms with Crippen molar-refractivity contribution >= 4 is 24.2 Å². The van der Waals surface area contributed by atoms with Crippen molar-refractivity contribution in [1.82, 2.24) is 10.2 Å². The Morgan fingerprint density at radius 2 is 1.70 bits per heavy atom. The Labute approximate surface area is 167 Å². The summed E-state index contributed by atoms with van der Waals surface area (Å²) in [5.41, 5.74) is 8.01. The van der Waals surface area contributed by atoms with Gasteiger partial charge in [0.1, 0.15) is 0 Å². The molecule has 0 spiro atoms. The molecular weight excluding hydrogens is 362 g/mol. The minimum atomic E-state index is -0.0197. The third-order valence-electron chi connectivity index (χ3n) is 6.59. The van der Waals surface area contributed by atoms with E-state index < -0.39 is 0 Å². The fourth-order valence-corrected chi connectivity index (χ4v) is 5.08. The fraction of sp³-hybridized carbons (Fsp3) is 0.619. The first-order valence-corrected chi connectivity index (χ1v) is 10.0. The minimum Gasteiger partial charge on any atom is -0.352 e. The largest absolute Gasteiger partial charge is 0.352 e. The molecule has 27 heavy (non-hydrogen) atoms. The highest BCUT2D eigenvalue weighted by atomic mass is 35.5. The summed E-state index contributed by atoms with van der Waals surface area (Å²) in [6.07, 6.45) is 6.86. The molecule has 1 heterocycles. The van der Waals surface area contributed by atoms with E-state index in [0.29, 0.717) is 18.4 Å². The highest BCUT2D eigenvalue weighted by Crippen LogP contribution is 2.47. The zero-order valence-corrected chi connectivity index (χ0v) is 16.5. The quantitative estimate of drug-likeness (QED) is 0.828. The molecule has 4 unspecified atom stereocenters. The van der Waals surface area contributed by atoms with E-state index in [4.69, 9.17) is 5.73 Å². The van der Waals surface area contributed by atoms with E-state index in [1.54, 1.807) is 0 Å². The van der Waals surface area contributed by atoms with Crippen LogP contribution in [0.1, 0.15) is 54.4 Å². The molecule has 1 aromatic carbocycles. The molecule has 4 atom stereocenters. The molecule has 2 bridgehead atoms. The SMILES string of the molecule is Cl.NC1C2CCC(C2)C1C(=O)NCc1ccc(C(=O)N2CCCCC2)cc1. The molecule has 6 heteroatoms. The van der Waals surface area contributed by atoms with Crippen LogP contribution in [0, 0.1) is 17.8 Å². The second kappa shape index (κ2) is 8.61. The maximum absolute atomic E-state index is 12.5. The average Bonchev–Trinajstić information content (AvgIpc) is 3.28. The van der Waals surface area contributed by atoms with Crippen molar-refractivity contribution in [2.24, 2.45) is 23.5 Å². The molecule has 2 amide bonds. The molecule has 148 valence electrons. The van der Waals surface area contributed by atoms with E-state index in [-0.39, 0.29) is 36.2 Å². The third-order valence-corrected chi connectivity index (χ3v) is 6.59. The Morgan fingerprint density at radius 1 is 1.04 bits per heavy atom. The van der Waals surface area contributed by atoms with Crippen molar-refractivity contribution in [3.05, 3.63) is 35.4 Å². The average molecular weight is 392 g/mol. The lowest BCUT2D eigenvalue weighted by Crippen LogP contribution is -2.45. The number of nitrogens with two attached hydrogens (primary N) is 1. The van der Waals surface area contributed by atoms with Gasteiger partial charge in [-0.05, 0) is 68.1 Å². The van der Waals surface area contributed by atoms with E-state index in [1.165, 1.54) is 12.8 Å². The smallest absolute Gasteiger partial charge is 0.253 e. The zero-order chi connectivity index (χ0) is 18.1. The lowest BCUT2D eigenvalue weighted by Gasteiger charge is -2.27. The molecular formula is C21H30ClN3O2. The van der Waals surface area contributed by atoms with Gasteiger partial charge in [0.2, 0.25) is 5.91 Å². The lowest BCUT2D eigenvalue weighted by molar-refractivity contribution is -0.127. The summed E-state index contributed by atoms with van der Waals surface area (Å²) in [6, 6.07) is 7.66. The van der Waals surface area contributed by atoms with E-state index in [0.717, 1.165) is 49.9 Å². The van der Waals surface area contributed by atoms with Crippen LogP contribution in [0.5, 0.6) is 0 Å². The Bertz CT molecular complexity index is 671. The summed E-state index contributed by atoms with van der Waals surface area (Å²) >= 11 is 0. The number of carbonyl (C=O) groups excluding carboxylic acids is 2. The normalized spacial score (nSPS) is 29.3. The number of carbonyl (C=O) groups is 2. The van der Waals surface area contributed by atoms with Crippen molar-refractivity contribution < 1.29 is 9.59 Å². The maximum atomic E-state index is 12.5. The number of piperidine rings is 1. The Balaban J connectivity index is 0.00000210. The number of benzene rings is 1. The molecule has 3 N–H and O–H groups in total. The second-order valence-corrected chi connectivity index (χ2v) is 8.20. The second-order valence-electron chi connectivity index (χ2n) is 8.20. The summed E-state index contributed by atoms with van der Waals surface area (Å²) < 4.78 is 0. The Kier molecular flexibility index (Phi) is 6.43. The number of halogens is 1. The summed E-state index contributed by atoms with van der Waals surface area (Å²) in [5, 5.41) is 3.05. The summed E-state index contributed by atoms with van der Waals surface area (Å²) in [5.74, 6) is 1.20. The van der Waals surface area contributed by atoms with Crippen LogP contribution in [0.15, 0.2) is 24.3 Å². The van der Waals surface area contributed by atoms with Crippen molar-refractivity contribution in [2.45, 2.75) is 51.1 Å². The van der Waals surface area contributed by atoms with Crippen molar-refractivity contribution in [2.75, 3.05) is 13.1 Å². The first-order chi connectivity index (χ1) is 12.6. The van der Waals surface area contributed by atoms with Gasteiger partial charge in [-0.15, -0.1) is 12.4 Å². The molecule has 1 saturated heterocycles. The van der Waals surface area contributed by atoms with E-state index >= 15 is 0 Å². The van der Waals surface area contributed by atoms with Gasteiger partial charge in [0.05, 0.1) is 5.92 Å². The van der Waals surface area contributed by atoms with E-state index in [1.807, 2.05) is 29.2 Å². The topological polar surface area (TPSA) is 75.4 Å². The van der Waals surface area contributed by atoms with Crippen molar-refractivity contribution in [3.63, 3.8) is 0 Å². The number of rotatable bonds is 4. The fourth-order valence-electron chi connectivity index (χ4n) is 5.08. The van der Waals surface area contributed by atoms with E-state index in [9.17, 15) is 9.59 Å². The van der Waals surface area contributed by atoms with Crippen LogP contribution in [0.4, 0.5) is 0 Å². The molecule has 4 rings (SSSR count). The molecule has 3 fully saturated rings. The molecule has 2 aliphatic carbocycles. The first kappa shape index (κ1) is 20.2. The van der Waals surface area contributed by atoms with Crippen LogP contribution >= 0.6 is 12.4 Å². The highest BCUT2D eigenvalue weighted by Gasteiger charge is 2.48. The summed E-state index contributed by atoms with van der Waals surface area (Å²) in [4.78, 5) is 27.0. The third kappa shape index (κ3) is 4.14. The number of likely N-dealkylation sites (tertiary alicyclic amines) is 1. The molecule has 5 nitrogen and oxygen atoms in total. The first-order valence-electron chi connectivity index (χ1n) is 10.0. The van der Waals surface area contributed by atoms with Crippen molar-refractivity contribution in [1.29, 1.82) is 0 Å². The molecule has 1 aliphatic heterocycles. The number of nitrogens with one attached hydrogen (secondary N) is 1. The maximum Gasteiger partial charge on any atom is 0.253 e. The number of amides is 2. The molecule has 3 aliphatic rings. The van der Waals surface area contributed by atoms with Crippen LogP contribution in [-0.2, 0) is 11.3 Å². The number of hydrogen-bond acceptors (Lipinski definition) is 3. The van der Waals surface area contributed by atoms with Crippen LogP contribution < -0.4 is 11.1 Å². The van der Waals surface area contributed by atoms with E-state index in [2.05, 4.69) is 5.32 Å². The van der Waals surface area contributed by atoms with Crippen LogP contribution in [0.25, 0.3) is 0 Å². The van der Waals surface area contributed by atoms with Crippen LogP contribution in [0.3, 0.4) is 0 Å². The Hall–Kier alpha value is -1.59. The van der Waals surface area contributed by atoms with Gasteiger partial charge in [-0.25, -0.2) is 0 Å². The molecule has 0 aromatic heterocycles. The van der Waals surface area contributed by atoms with Gasteiger partial charge < -0.3 is 16.0 Å². The van der Waals surface area contributed by atoms with Gasteiger partial charge >= 0.3 is 0 Å². The molecule has 1 aromatic rings. The molecule has 0 radical (unpaired) electrons. The number of fused-ring (bicyclic) bond motifs is 2. The zero-order valence-electron chi connectivity index (χ0n) is 15.7. The van der Waals surface area contributed by atoms with Gasteiger partial charge in [0.25, 0.3) is 5.91 Å². The standard InChI is InChI=1S/C21H29N3O2.ClH/c22-19-17-9-8-16(12-17)18(19)20(25)23-13-14-4-6-15(7-5-14)21(26)24-10-2-1-3-11-24;/h4-7,16-19H,1-3,8-13,22H2,(H,23,25);1H. The highest BCUT2D eigenvalue weighted by molar-refractivity contribution is 5.94. The van der Waals surface area contributed by atoms with Gasteiger partial charge in [-0.2, -0.15) is 0 Å². The lowest BCUT2D eigenvalue weighted by atomic mass is 9.84. The number of hydrogen-bond donors (Lipinski definition) is 2. The summed E-state index contributed by atoms with van der Waals surface area (Å²) in [7, 11) is 0. The van der Waals surface area contributed by atoms with Crippen LogP contribution in [0.2, 0.25) is 0 Å². The van der Waals surface area contributed by atoms with Gasteiger partial charge in [0.15, 0.2) is 0 Å². The van der Waals surface area contributed by atoms with Crippen LogP contribution in [-0.4, -0.2) is 35.8 Å². The molecule has 2 saturated carbocycles. The summed E-state index contributed by atoms with van der Waals surface area (Å²) in [6.45, 7) is 2.22. The Morgan fingerprint density at radius 3 is 2.33 bits per heavy atom. The van der Waals surface area contributed by atoms with Crippen molar-refractivity contribution in [3.8, 4) is 0 Å². The predicted molar refractivity (Wildman–Crippen MR) is 108 cm³/mol. The number of nitrogens with zero attached hydrogens (tertiary/aromatic N) is 1. The van der Waals surface area contributed by atoms with Gasteiger partial charge in [-0.1, -0.05) is 12.1 Å². The van der Waals surface area contributed by atoms with Gasteiger partial charge in [0, 0.05) is 31.2 Å². The minimum absolute atomic E-state index is 0. The predicted octanol–water partition coefficient (Wildman–Crippen LogP) is 2.72.